The first-order chi connectivity index (χ1) is 22.9. The smallest absolute Gasteiger partial charge is 0.245 e. The van der Waals surface area contributed by atoms with E-state index in [1.54, 1.807) is 34.6 Å². The van der Waals surface area contributed by atoms with Crippen molar-refractivity contribution in [2.45, 2.75) is 235 Å². The number of hydrogen-bond acceptors (Lipinski definition) is 2. The average molecular weight is 799 g/mol. The standard InChI is InChI=1S/C9H20.C8H15FO.C8H17F.C7H14F2.C7H15FO.C6H12F2/c1-8(2,3)7-9(4,5)6;1-7(2,3)4-8(9)5-10-6-8;1-7(2,3)6-8(4,5)9;1-6(2,3)5-7(4,8)9;1-7(2,3)4-6(8)5-9;1-6(2,3)4-5(7)8/h7H2,1-6H3;4-6H2,1-3H3;6H2,1-5H3;5H2,1-4H3;6,9H,4-5H2,1-3H3;5H,4H2,1-3H3. The van der Waals surface area contributed by atoms with Crippen LogP contribution in [0.5, 0.6) is 0 Å². The fraction of sp³-hybridized carbons (Fsp3) is 1.00. The first kappa shape index (κ1) is 62.6. The summed E-state index contributed by atoms with van der Waals surface area (Å²) in [5.74, 6) is -2.52. The molecule has 1 saturated heterocycles. The van der Waals surface area contributed by atoms with Crippen LogP contribution in [-0.4, -0.2) is 54.8 Å². The molecule has 9 heteroatoms. The van der Waals surface area contributed by atoms with Gasteiger partial charge < -0.3 is 9.84 Å². The molecule has 1 heterocycles. The van der Waals surface area contributed by atoms with Gasteiger partial charge in [-0.1, -0.05) is 145 Å². The topological polar surface area (TPSA) is 29.5 Å². The second-order valence-corrected chi connectivity index (χ2v) is 24.6. The van der Waals surface area contributed by atoms with E-state index in [0.717, 1.165) is 6.92 Å². The summed E-state index contributed by atoms with van der Waals surface area (Å²) in [6.45, 7) is 47.2. The molecule has 0 amide bonds. The van der Waals surface area contributed by atoms with Crippen LogP contribution in [0, 0.1) is 37.9 Å². The maximum atomic E-state index is 13.3. The minimum Gasteiger partial charge on any atom is -0.393 e. The van der Waals surface area contributed by atoms with E-state index >= 15 is 0 Å². The Morgan fingerprint density at radius 3 is 0.833 bits per heavy atom. The van der Waals surface area contributed by atoms with Crippen molar-refractivity contribution < 1.29 is 40.6 Å². The highest BCUT2D eigenvalue weighted by atomic mass is 19.3. The van der Waals surface area contributed by atoms with Gasteiger partial charge in [-0.05, 0) is 84.4 Å². The molecule has 54 heavy (non-hydrogen) atoms. The zero-order valence-corrected chi connectivity index (χ0v) is 40.0. The summed E-state index contributed by atoms with van der Waals surface area (Å²) in [4.78, 5) is 0. The third kappa shape index (κ3) is 69.3. The third-order valence-corrected chi connectivity index (χ3v) is 6.22. The van der Waals surface area contributed by atoms with Crippen molar-refractivity contribution in [2.24, 2.45) is 37.9 Å². The van der Waals surface area contributed by atoms with Gasteiger partial charge in [0.05, 0.1) is 19.8 Å². The zero-order valence-electron chi connectivity index (χ0n) is 40.0. The van der Waals surface area contributed by atoms with Gasteiger partial charge in [-0.15, -0.1) is 0 Å². The Labute approximate surface area is 332 Å². The summed E-state index contributed by atoms with van der Waals surface area (Å²) in [6, 6.07) is 0. The molecule has 1 aliphatic rings. The fourth-order valence-electron chi connectivity index (χ4n) is 6.35. The Balaban J connectivity index is -0.000000178. The Bertz CT molecular complexity index is 800. The largest absolute Gasteiger partial charge is 0.393 e. The van der Waals surface area contributed by atoms with Gasteiger partial charge in [-0.2, -0.15) is 0 Å². The SMILES string of the molecule is CC(C)(C)CC(C)(C)C.CC(C)(C)CC(C)(C)F.CC(C)(C)CC(C)(F)F.CC(C)(C)CC(F)CO.CC(C)(C)CC(F)F.CC(C)(C)CC1(F)COC1. The minimum atomic E-state index is -2.52. The molecule has 2 nitrogen and oxygen atoms in total. The highest BCUT2D eigenvalue weighted by Crippen LogP contribution is 2.35. The van der Waals surface area contributed by atoms with Crippen LogP contribution < -0.4 is 0 Å². The van der Waals surface area contributed by atoms with E-state index in [1.165, 1.54) is 6.42 Å². The highest BCUT2D eigenvalue weighted by molar-refractivity contribution is 4.89. The van der Waals surface area contributed by atoms with Gasteiger partial charge in [-0.3, -0.25) is 0 Å². The Hall–Kier alpha value is -0.570. The Morgan fingerprint density at radius 1 is 0.481 bits per heavy atom. The lowest BCUT2D eigenvalue weighted by molar-refractivity contribution is -0.145. The van der Waals surface area contributed by atoms with E-state index < -0.39 is 29.9 Å². The van der Waals surface area contributed by atoms with Crippen LogP contribution in [0.15, 0.2) is 0 Å². The molecule has 1 rings (SSSR count). The van der Waals surface area contributed by atoms with Gasteiger partial charge in [0.1, 0.15) is 11.8 Å². The van der Waals surface area contributed by atoms with Crippen LogP contribution in [0.3, 0.4) is 0 Å². The van der Waals surface area contributed by atoms with E-state index in [9.17, 15) is 30.7 Å². The summed E-state index contributed by atoms with van der Waals surface area (Å²) in [6.07, 6.45) is -0.295. The van der Waals surface area contributed by atoms with Crippen LogP contribution in [-0.2, 0) is 4.74 Å². The van der Waals surface area contributed by atoms with Crippen LogP contribution in [0.1, 0.15) is 205 Å². The summed E-state index contributed by atoms with van der Waals surface area (Å²) in [5, 5.41) is 8.32. The first-order valence-corrected chi connectivity index (χ1v) is 19.8. The quantitative estimate of drug-likeness (QED) is 0.271. The molecule has 1 aliphatic heterocycles. The normalized spacial score (nSPS) is 15.9. The second kappa shape index (κ2) is 24.4. The van der Waals surface area contributed by atoms with E-state index in [1.807, 2.05) is 83.1 Å². The maximum Gasteiger partial charge on any atom is 0.245 e. The van der Waals surface area contributed by atoms with Crippen LogP contribution in [0.4, 0.5) is 30.7 Å². The molecule has 1 N–H and O–H groups in total. The number of rotatable bonds is 6. The number of aliphatic hydroxyl groups excluding tert-OH is 1. The molecule has 334 valence electrons. The third-order valence-electron chi connectivity index (χ3n) is 6.22. The molecule has 0 saturated carbocycles. The molecule has 0 aromatic rings. The van der Waals surface area contributed by atoms with Gasteiger partial charge in [0, 0.05) is 12.8 Å². The summed E-state index contributed by atoms with van der Waals surface area (Å²) in [7, 11) is 0. The van der Waals surface area contributed by atoms with E-state index in [2.05, 4.69) is 41.5 Å². The zero-order chi connectivity index (χ0) is 45.2. The van der Waals surface area contributed by atoms with Crippen molar-refractivity contribution in [3.63, 3.8) is 0 Å². The highest BCUT2D eigenvalue weighted by Gasteiger charge is 2.41. The minimum absolute atomic E-state index is 0.00694. The fourth-order valence-corrected chi connectivity index (χ4v) is 6.35. The Kier molecular flexibility index (Phi) is 28.3. The molecule has 1 fully saturated rings. The Morgan fingerprint density at radius 2 is 0.796 bits per heavy atom. The molecular weight excluding hydrogens is 705 g/mol. The summed E-state index contributed by atoms with van der Waals surface area (Å²) in [5.41, 5.74) is -1.38. The van der Waals surface area contributed by atoms with Gasteiger partial charge in [0.15, 0.2) is 5.67 Å². The van der Waals surface area contributed by atoms with E-state index in [-0.39, 0.29) is 46.5 Å². The molecule has 1 unspecified atom stereocenters. The molecule has 0 aliphatic carbocycles. The predicted octanol–water partition coefficient (Wildman–Crippen LogP) is 16.3. The number of alkyl halides is 7. The lowest BCUT2D eigenvalue weighted by Crippen LogP contribution is -2.47. The number of halogens is 7. The van der Waals surface area contributed by atoms with Crippen molar-refractivity contribution in [1.82, 2.24) is 0 Å². The molecular formula is C45H93F7O2. The maximum absolute atomic E-state index is 13.3. The van der Waals surface area contributed by atoms with Crippen LogP contribution >= 0.6 is 0 Å². The van der Waals surface area contributed by atoms with E-state index in [0.29, 0.717) is 43.3 Å². The van der Waals surface area contributed by atoms with Crippen molar-refractivity contribution in [3.8, 4) is 0 Å². The number of hydrogen-bond donors (Lipinski definition) is 1. The summed E-state index contributed by atoms with van der Waals surface area (Å²) >= 11 is 0. The van der Waals surface area contributed by atoms with Gasteiger partial charge in [-0.25, -0.2) is 30.7 Å². The molecule has 0 radical (unpaired) electrons. The van der Waals surface area contributed by atoms with Crippen LogP contribution in [0.2, 0.25) is 0 Å². The van der Waals surface area contributed by atoms with Crippen molar-refractivity contribution >= 4 is 0 Å². The van der Waals surface area contributed by atoms with Gasteiger partial charge >= 0.3 is 0 Å². The number of ether oxygens (including phenoxy) is 1. The second-order valence-electron chi connectivity index (χ2n) is 24.6. The molecule has 0 spiro atoms. The molecule has 1 atom stereocenters. The lowest BCUT2D eigenvalue weighted by Gasteiger charge is -2.38. The average Bonchev–Trinajstić information content (AvgIpc) is 2.68. The molecule has 0 aromatic heterocycles. The lowest BCUT2D eigenvalue weighted by atomic mass is 9.78. The first-order valence-electron chi connectivity index (χ1n) is 19.8. The monoisotopic (exact) mass is 799 g/mol. The number of aliphatic hydroxyl groups is 1. The van der Waals surface area contributed by atoms with Crippen molar-refractivity contribution in [3.05, 3.63) is 0 Å². The summed E-state index contributed by atoms with van der Waals surface area (Å²) < 4.78 is 90.8. The predicted molar refractivity (Wildman–Crippen MR) is 222 cm³/mol. The van der Waals surface area contributed by atoms with E-state index in [4.69, 9.17) is 9.84 Å². The van der Waals surface area contributed by atoms with Crippen molar-refractivity contribution in [2.75, 3.05) is 19.8 Å². The van der Waals surface area contributed by atoms with Gasteiger partial charge in [0.25, 0.3) is 0 Å². The van der Waals surface area contributed by atoms with Crippen LogP contribution in [0.25, 0.3) is 0 Å². The van der Waals surface area contributed by atoms with Crippen molar-refractivity contribution in [1.29, 1.82) is 0 Å². The molecule has 0 bridgehead atoms. The molecule has 0 aromatic carbocycles. The van der Waals surface area contributed by atoms with Gasteiger partial charge in [0.2, 0.25) is 12.3 Å².